The highest BCUT2D eigenvalue weighted by atomic mass is 19.4. The van der Waals surface area contributed by atoms with Crippen LogP contribution in [0.2, 0.25) is 0 Å². The fraction of sp³-hybridized carbons (Fsp3) is 0.500. The van der Waals surface area contributed by atoms with Gasteiger partial charge in [-0.3, -0.25) is 9.48 Å². The van der Waals surface area contributed by atoms with Crippen LogP contribution in [-0.4, -0.2) is 27.5 Å². The van der Waals surface area contributed by atoms with Gasteiger partial charge in [0.2, 0.25) is 0 Å². The highest BCUT2D eigenvalue weighted by molar-refractivity contribution is 5.70. The van der Waals surface area contributed by atoms with Crippen LogP contribution in [0.4, 0.5) is 17.6 Å². The predicted molar refractivity (Wildman–Crippen MR) is 44.5 cm³/mol. The molecule has 0 saturated heterocycles. The second-order valence-electron chi connectivity index (χ2n) is 3.02. The molecular weight excluding hydrogens is 232 g/mol. The van der Waals surface area contributed by atoms with E-state index in [9.17, 15) is 22.4 Å². The molecule has 0 atom stereocenters. The van der Waals surface area contributed by atoms with Gasteiger partial charge in [0.1, 0.15) is 6.67 Å². The van der Waals surface area contributed by atoms with Gasteiger partial charge in [0.05, 0.1) is 13.0 Å². The standard InChI is InChI=1S/C8H8F4N2O2/c9-1-2-14-4-5(3-6(15)16)7(13-14)8(10,11)12/h4H,1-3H2,(H,15,16). The average Bonchev–Trinajstić information content (AvgIpc) is 2.46. The highest BCUT2D eigenvalue weighted by Crippen LogP contribution is 2.30. The van der Waals surface area contributed by atoms with Crippen LogP contribution in [0.15, 0.2) is 6.20 Å². The van der Waals surface area contributed by atoms with E-state index in [0.29, 0.717) is 0 Å². The molecule has 0 spiro atoms. The van der Waals surface area contributed by atoms with Gasteiger partial charge >= 0.3 is 12.1 Å². The summed E-state index contributed by atoms with van der Waals surface area (Å²) in [4.78, 5) is 10.3. The average molecular weight is 240 g/mol. The van der Waals surface area contributed by atoms with E-state index >= 15 is 0 Å². The summed E-state index contributed by atoms with van der Waals surface area (Å²) >= 11 is 0. The van der Waals surface area contributed by atoms with Crippen LogP contribution >= 0.6 is 0 Å². The molecule has 1 heterocycles. The van der Waals surface area contributed by atoms with E-state index in [0.717, 1.165) is 10.9 Å². The molecule has 0 unspecified atom stereocenters. The topological polar surface area (TPSA) is 55.1 Å². The van der Waals surface area contributed by atoms with Gasteiger partial charge in [-0.05, 0) is 0 Å². The molecule has 16 heavy (non-hydrogen) atoms. The molecule has 1 aromatic heterocycles. The van der Waals surface area contributed by atoms with E-state index in [1.807, 2.05) is 0 Å². The SMILES string of the molecule is O=C(O)Cc1cn(CCF)nc1C(F)(F)F. The monoisotopic (exact) mass is 240 g/mol. The molecule has 90 valence electrons. The fourth-order valence-electron chi connectivity index (χ4n) is 1.19. The molecule has 4 nitrogen and oxygen atoms in total. The minimum absolute atomic E-state index is 0.331. The Morgan fingerprint density at radius 1 is 1.50 bits per heavy atom. The number of aryl methyl sites for hydroxylation is 1. The maximum Gasteiger partial charge on any atom is 0.435 e. The van der Waals surface area contributed by atoms with Crippen LogP contribution in [0.5, 0.6) is 0 Å². The van der Waals surface area contributed by atoms with Crippen LogP contribution in [0.3, 0.4) is 0 Å². The smallest absolute Gasteiger partial charge is 0.435 e. The van der Waals surface area contributed by atoms with E-state index in [1.54, 1.807) is 0 Å². The quantitative estimate of drug-likeness (QED) is 0.811. The van der Waals surface area contributed by atoms with Crippen molar-refractivity contribution in [3.8, 4) is 0 Å². The van der Waals surface area contributed by atoms with Gasteiger partial charge in [-0.25, -0.2) is 4.39 Å². The van der Waals surface area contributed by atoms with Crippen molar-refractivity contribution in [3.63, 3.8) is 0 Å². The second-order valence-corrected chi connectivity index (χ2v) is 3.02. The van der Waals surface area contributed by atoms with Crippen molar-refractivity contribution >= 4 is 5.97 Å². The molecule has 0 bridgehead atoms. The Morgan fingerprint density at radius 2 is 2.12 bits per heavy atom. The first-order valence-electron chi connectivity index (χ1n) is 4.26. The lowest BCUT2D eigenvalue weighted by atomic mass is 10.2. The number of hydrogen-bond donors (Lipinski definition) is 1. The summed E-state index contributed by atoms with van der Waals surface area (Å²) in [5.74, 6) is -1.40. The number of aliphatic carboxylic acids is 1. The Labute approximate surface area is 87.5 Å². The van der Waals surface area contributed by atoms with Crippen molar-refractivity contribution in [2.45, 2.75) is 19.1 Å². The summed E-state index contributed by atoms with van der Waals surface area (Å²) in [6.07, 6.45) is -4.62. The van der Waals surface area contributed by atoms with E-state index < -0.39 is 36.5 Å². The van der Waals surface area contributed by atoms with E-state index in [4.69, 9.17) is 5.11 Å². The van der Waals surface area contributed by atoms with Gasteiger partial charge < -0.3 is 5.11 Å². The predicted octanol–water partition coefficient (Wildman–Crippen LogP) is 1.50. The zero-order valence-electron chi connectivity index (χ0n) is 7.96. The molecule has 0 aromatic carbocycles. The zero-order chi connectivity index (χ0) is 12.3. The lowest BCUT2D eigenvalue weighted by molar-refractivity contribution is -0.142. The van der Waals surface area contributed by atoms with Crippen LogP contribution in [0.1, 0.15) is 11.3 Å². The number of nitrogens with zero attached hydrogens (tertiary/aromatic N) is 2. The highest BCUT2D eigenvalue weighted by Gasteiger charge is 2.37. The Hall–Kier alpha value is -1.60. The van der Waals surface area contributed by atoms with E-state index in [2.05, 4.69) is 5.10 Å². The molecule has 1 rings (SSSR count). The summed E-state index contributed by atoms with van der Waals surface area (Å²) in [6, 6.07) is 0. The molecular formula is C8H8F4N2O2. The summed E-state index contributed by atoms with van der Waals surface area (Å²) in [7, 11) is 0. The number of halogens is 4. The van der Waals surface area contributed by atoms with E-state index in [1.165, 1.54) is 0 Å². The van der Waals surface area contributed by atoms with Crippen molar-refractivity contribution in [2.75, 3.05) is 6.67 Å². The minimum atomic E-state index is -4.73. The van der Waals surface area contributed by atoms with Crippen molar-refractivity contribution in [1.29, 1.82) is 0 Å². The third-order valence-electron chi connectivity index (χ3n) is 1.76. The van der Waals surface area contributed by atoms with Gasteiger partial charge in [-0.2, -0.15) is 18.3 Å². The molecule has 0 aliphatic rings. The van der Waals surface area contributed by atoms with Gasteiger partial charge in [0.25, 0.3) is 0 Å². The molecule has 1 N–H and O–H groups in total. The number of aromatic nitrogens is 2. The fourth-order valence-corrected chi connectivity index (χ4v) is 1.19. The van der Waals surface area contributed by atoms with Crippen molar-refractivity contribution in [1.82, 2.24) is 9.78 Å². The minimum Gasteiger partial charge on any atom is -0.481 e. The number of alkyl halides is 4. The van der Waals surface area contributed by atoms with Crippen molar-refractivity contribution < 1.29 is 27.5 Å². The van der Waals surface area contributed by atoms with Crippen LogP contribution in [-0.2, 0) is 23.9 Å². The number of rotatable bonds is 4. The molecule has 1 aromatic rings. The van der Waals surface area contributed by atoms with Crippen LogP contribution in [0, 0.1) is 0 Å². The number of carbonyl (C=O) groups is 1. The second kappa shape index (κ2) is 4.50. The maximum absolute atomic E-state index is 12.4. The molecule has 0 radical (unpaired) electrons. The molecule has 0 aliphatic heterocycles. The molecule has 0 saturated carbocycles. The normalized spacial score (nSPS) is 11.8. The summed E-state index contributed by atoms with van der Waals surface area (Å²) < 4.78 is 49.8. The molecule has 8 heteroatoms. The third kappa shape index (κ3) is 2.94. The summed E-state index contributed by atoms with van der Waals surface area (Å²) in [6.45, 7) is -1.20. The Bertz CT molecular complexity index is 386. The maximum atomic E-state index is 12.4. The third-order valence-corrected chi connectivity index (χ3v) is 1.76. The molecule has 0 amide bonds. The Kier molecular flexibility index (Phi) is 3.51. The molecule has 0 aliphatic carbocycles. The van der Waals surface area contributed by atoms with Gasteiger partial charge in [0.15, 0.2) is 5.69 Å². The zero-order valence-corrected chi connectivity index (χ0v) is 7.96. The Balaban J connectivity index is 3.07. The first kappa shape index (κ1) is 12.5. The number of carboxylic acids is 1. The first-order valence-corrected chi connectivity index (χ1v) is 4.26. The number of carboxylic acid groups (broad SMARTS) is 1. The Morgan fingerprint density at radius 3 is 2.56 bits per heavy atom. The lowest BCUT2D eigenvalue weighted by Crippen LogP contribution is -2.12. The summed E-state index contributed by atoms with van der Waals surface area (Å²) in [5, 5.41) is 11.5. The van der Waals surface area contributed by atoms with Gasteiger partial charge in [-0.1, -0.05) is 0 Å². The van der Waals surface area contributed by atoms with Crippen LogP contribution < -0.4 is 0 Å². The largest absolute Gasteiger partial charge is 0.481 e. The summed E-state index contributed by atoms with van der Waals surface area (Å²) in [5.41, 5.74) is -1.74. The lowest BCUT2D eigenvalue weighted by Gasteiger charge is -2.03. The van der Waals surface area contributed by atoms with E-state index in [-0.39, 0.29) is 6.54 Å². The molecule has 0 fully saturated rings. The van der Waals surface area contributed by atoms with Crippen molar-refractivity contribution in [3.05, 3.63) is 17.5 Å². The van der Waals surface area contributed by atoms with Crippen molar-refractivity contribution in [2.24, 2.45) is 0 Å². The number of hydrogen-bond acceptors (Lipinski definition) is 2. The van der Waals surface area contributed by atoms with Crippen LogP contribution in [0.25, 0.3) is 0 Å². The van der Waals surface area contributed by atoms with Gasteiger partial charge in [0, 0.05) is 11.8 Å². The van der Waals surface area contributed by atoms with Gasteiger partial charge in [-0.15, -0.1) is 0 Å². The first-order chi connectivity index (χ1) is 7.34.